The average Bonchev–Trinajstić information content (AvgIpc) is 2.77. The van der Waals surface area contributed by atoms with Gasteiger partial charge in [0.1, 0.15) is 0 Å². The lowest BCUT2D eigenvalue weighted by atomic mass is 9.97. The van der Waals surface area contributed by atoms with E-state index in [9.17, 15) is 18.0 Å². The fourth-order valence-corrected chi connectivity index (χ4v) is 3.29. The lowest BCUT2D eigenvalue weighted by molar-refractivity contribution is -0.141. The van der Waals surface area contributed by atoms with Gasteiger partial charge < -0.3 is 10.2 Å². The van der Waals surface area contributed by atoms with Crippen molar-refractivity contribution in [2.45, 2.75) is 25.1 Å². The molecular formula is C13H14ClF3N4O. The second-order valence-electron chi connectivity index (χ2n) is 5.71. The fraction of sp³-hybridized carbons (Fsp3) is 0.615. The molecule has 0 radical (unpaired) electrons. The Labute approximate surface area is 129 Å². The number of fused-ring (bicyclic) bond motifs is 2. The van der Waals surface area contributed by atoms with Crippen LogP contribution in [0.25, 0.3) is 0 Å². The molecule has 0 aliphatic carbocycles. The predicted octanol–water partition coefficient (Wildman–Crippen LogP) is 1.97. The lowest BCUT2D eigenvalue weighted by Crippen LogP contribution is -2.47. The van der Waals surface area contributed by atoms with Crippen molar-refractivity contribution in [2.75, 3.05) is 19.6 Å². The van der Waals surface area contributed by atoms with Gasteiger partial charge in [-0.05, 0) is 25.3 Å². The molecule has 2 bridgehead atoms. The highest BCUT2D eigenvalue weighted by Gasteiger charge is 2.37. The Hall–Kier alpha value is -1.41. The van der Waals surface area contributed by atoms with Crippen molar-refractivity contribution in [3.8, 4) is 0 Å². The second-order valence-corrected chi connectivity index (χ2v) is 6.12. The van der Waals surface area contributed by atoms with Gasteiger partial charge in [-0.2, -0.15) is 13.2 Å². The fourth-order valence-electron chi connectivity index (χ4n) is 3.09. The van der Waals surface area contributed by atoms with Crippen LogP contribution in [0.15, 0.2) is 6.20 Å². The van der Waals surface area contributed by atoms with E-state index in [2.05, 4.69) is 20.2 Å². The number of carbonyl (C=O) groups excluding carboxylic acids is 1. The molecule has 1 N–H and O–H groups in total. The summed E-state index contributed by atoms with van der Waals surface area (Å²) in [5.74, 6) is -0.671. The molecule has 1 aromatic heterocycles. The van der Waals surface area contributed by atoms with E-state index in [1.165, 1.54) is 0 Å². The van der Waals surface area contributed by atoms with Crippen molar-refractivity contribution < 1.29 is 18.0 Å². The molecule has 0 aromatic carbocycles. The molecule has 2 fully saturated rings. The molecule has 0 saturated carbocycles. The van der Waals surface area contributed by atoms with Crippen molar-refractivity contribution in [2.24, 2.45) is 5.92 Å². The third kappa shape index (κ3) is 3.17. The van der Waals surface area contributed by atoms with Gasteiger partial charge in [0.2, 0.25) is 5.82 Å². The van der Waals surface area contributed by atoms with Gasteiger partial charge in [-0.1, -0.05) is 11.6 Å². The van der Waals surface area contributed by atoms with Gasteiger partial charge in [0.05, 0.1) is 11.2 Å². The topological polar surface area (TPSA) is 58.1 Å². The number of carbonyl (C=O) groups is 1. The Kier molecular flexibility index (Phi) is 3.98. The zero-order valence-electron chi connectivity index (χ0n) is 11.5. The number of aromatic nitrogens is 2. The third-order valence-corrected chi connectivity index (χ3v) is 4.29. The smallest absolute Gasteiger partial charge is 0.345 e. The number of hydrogen-bond donors (Lipinski definition) is 1. The highest BCUT2D eigenvalue weighted by molar-refractivity contribution is 6.31. The zero-order chi connectivity index (χ0) is 15.9. The molecule has 120 valence electrons. The highest BCUT2D eigenvalue weighted by atomic mass is 35.5. The second kappa shape index (κ2) is 5.66. The Morgan fingerprint density at radius 1 is 1.41 bits per heavy atom. The number of piperidine rings is 1. The summed E-state index contributed by atoms with van der Waals surface area (Å²) in [6.45, 7) is 2.75. The molecule has 2 saturated heterocycles. The maximum absolute atomic E-state index is 12.7. The maximum atomic E-state index is 12.7. The van der Waals surface area contributed by atoms with Crippen molar-refractivity contribution in [1.82, 2.24) is 20.2 Å². The van der Waals surface area contributed by atoms with Crippen LogP contribution in [0, 0.1) is 5.92 Å². The number of halogens is 4. The average molecular weight is 335 g/mol. The van der Waals surface area contributed by atoms with Crippen LogP contribution in [0.5, 0.6) is 0 Å². The number of hydrogen-bond acceptors (Lipinski definition) is 4. The number of alkyl halides is 3. The van der Waals surface area contributed by atoms with Crippen molar-refractivity contribution in [1.29, 1.82) is 0 Å². The number of amides is 1. The SMILES string of the molecule is O=C(N[C@@H]1C[C@H]2CCN(C2)C1)c1ncc(Cl)c(C(F)(F)F)n1. The molecule has 5 nitrogen and oxygen atoms in total. The number of nitrogens with zero attached hydrogens (tertiary/aromatic N) is 3. The van der Waals surface area contributed by atoms with Gasteiger partial charge in [0.15, 0.2) is 5.69 Å². The summed E-state index contributed by atoms with van der Waals surface area (Å²) in [6, 6.07) is -0.0811. The summed E-state index contributed by atoms with van der Waals surface area (Å²) < 4.78 is 38.2. The van der Waals surface area contributed by atoms with E-state index in [-0.39, 0.29) is 6.04 Å². The Morgan fingerprint density at radius 3 is 2.86 bits per heavy atom. The predicted molar refractivity (Wildman–Crippen MR) is 72.5 cm³/mol. The molecule has 22 heavy (non-hydrogen) atoms. The minimum Gasteiger partial charge on any atom is -0.345 e. The van der Waals surface area contributed by atoms with E-state index >= 15 is 0 Å². The Bertz CT molecular complexity index is 583. The van der Waals surface area contributed by atoms with E-state index in [4.69, 9.17) is 11.6 Å². The van der Waals surface area contributed by atoms with Crippen LogP contribution in [0.4, 0.5) is 13.2 Å². The summed E-state index contributed by atoms with van der Waals surface area (Å²) in [4.78, 5) is 21.2. The van der Waals surface area contributed by atoms with E-state index in [1.54, 1.807) is 0 Å². The molecule has 3 heterocycles. The van der Waals surface area contributed by atoms with Gasteiger partial charge in [-0.15, -0.1) is 0 Å². The largest absolute Gasteiger partial charge is 0.434 e. The Balaban J connectivity index is 1.72. The standard InChI is InChI=1S/C13H14ClF3N4O/c14-9-4-18-11(20-10(9)13(15,16)17)12(22)19-8-3-7-1-2-21(5-7)6-8/h4,7-8H,1-3,5-6H2,(H,19,22)/t7-,8-/m1/s1. The first-order valence-corrected chi connectivity index (χ1v) is 7.33. The molecule has 2 aliphatic rings. The van der Waals surface area contributed by atoms with E-state index in [0.29, 0.717) is 12.5 Å². The normalized spacial score (nSPS) is 27.7. The summed E-state index contributed by atoms with van der Waals surface area (Å²) >= 11 is 5.44. The number of nitrogens with one attached hydrogen (secondary N) is 1. The molecule has 2 aliphatic heterocycles. The van der Waals surface area contributed by atoms with Crippen LogP contribution < -0.4 is 5.32 Å². The van der Waals surface area contributed by atoms with Gasteiger partial charge in [0.25, 0.3) is 5.91 Å². The van der Waals surface area contributed by atoms with Crippen molar-refractivity contribution >= 4 is 17.5 Å². The van der Waals surface area contributed by atoms with Crippen molar-refractivity contribution in [3.63, 3.8) is 0 Å². The van der Waals surface area contributed by atoms with E-state index < -0.39 is 28.6 Å². The van der Waals surface area contributed by atoms with Crippen molar-refractivity contribution in [3.05, 3.63) is 22.7 Å². The van der Waals surface area contributed by atoms with Crippen LogP contribution in [0.3, 0.4) is 0 Å². The molecule has 1 unspecified atom stereocenters. The third-order valence-electron chi connectivity index (χ3n) is 4.02. The van der Waals surface area contributed by atoms with Gasteiger partial charge in [0, 0.05) is 19.1 Å². The Morgan fingerprint density at radius 2 is 2.18 bits per heavy atom. The molecular weight excluding hydrogens is 321 g/mol. The summed E-state index contributed by atoms with van der Waals surface area (Å²) in [5.41, 5.74) is -1.29. The first-order chi connectivity index (χ1) is 10.3. The molecule has 3 atom stereocenters. The summed E-state index contributed by atoms with van der Waals surface area (Å²) in [6.07, 6.45) is -1.98. The first-order valence-electron chi connectivity index (χ1n) is 6.96. The molecule has 9 heteroatoms. The van der Waals surface area contributed by atoms with Crippen LogP contribution in [-0.4, -0.2) is 46.5 Å². The van der Waals surface area contributed by atoms with Gasteiger partial charge in [-0.3, -0.25) is 4.79 Å². The first kappa shape index (κ1) is 15.5. The summed E-state index contributed by atoms with van der Waals surface area (Å²) in [7, 11) is 0. The molecule has 3 rings (SSSR count). The molecule has 0 spiro atoms. The van der Waals surface area contributed by atoms with E-state index in [0.717, 1.165) is 32.1 Å². The minimum absolute atomic E-state index is 0.0811. The maximum Gasteiger partial charge on any atom is 0.434 e. The highest BCUT2D eigenvalue weighted by Crippen LogP contribution is 2.32. The van der Waals surface area contributed by atoms with Crippen LogP contribution in [0.2, 0.25) is 5.02 Å². The van der Waals surface area contributed by atoms with Gasteiger partial charge >= 0.3 is 6.18 Å². The lowest BCUT2D eigenvalue weighted by Gasteiger charge is -2.30. The molecule has 1 amide bonds. The van der Waals surface area contributed by atoms with Crippen LogP contribution in [-0.2, 0) is 6.18 Å². The van der Waals surface area contributed by atoms with Gasteiger partial charge in [-0.25, -0.2) is 9.97 Å². The van der Waals surface area contributed by atoms with Crippen LogP contribution in [0.1, 0.15) is 29.2 Å². The zero-order valence-corrected chi connectivity index (χ0v) is 12.3. The molecule has 1 aromatic rings. The number of rotatable bonds is 2. The van der Waals surface area contributed by atoms with E-state index in [1.807, 2.05) is 0 Å². The minimum atomic E-state index is -4.72. The van der Waals surface area contributed by atoms with Crippen LogP contribution >= 0.6 is 11.6 Å². The summed E-state index contributed by atoms with van der Waals surface area (Å²) in [5, 5.41) is 2.10. The monoisotopic (exact) mass is 334 g/mol. The quantitative estimate of drug-likeness (QED) is 0.898.